The first-order chi connectivity index (χ1) is 12.4. The normalized spacial score (nSPS) is 21.3. The molecule has 9 heteroatoms. The minimum absolute atomic E-state index is 0.0413. The highest BCUT2D eigenvalue weighted by Crippen LogP contribution is 2.47. The van der Waals surface area contributed by atoms with E-state index in [4.69, 9.17) is 0 Å². The molecule has 26 heavy (non-hydrogen) atoms. The first-order valence-corrected chi connectivity index (χ1v) is 9.74. The van der Waals surface area contributed by atoms with E-state index in [1.54, 1.807) is 11.8 Å². The van der Waals surface area contributed by atoms with Gasteiger partial charge < -0.3 is 4.90 Å². The zero-order valence-electron chi connectivity index (χ0n) is 14.0. The topological polar surface area (TPSA) is 65.5 Å². The van der Waals surface area contributed by atoms with Crippen LogP contribution in [0.2, 0.25) is 0 Å². The Balaban J connectivity index is 1.66. The lowest BCUT2D eigenvalue weighted by Gasteiger charge is -2.25. The first-order valence-electron chi connectivity index (χ1n) is 8.13. The SMILES string of the molecule is CC(=O)N1CC[C@@]2(C1)CN(C(=O)Nc1ncc(F)s1)c1ccc(Br)cc12. The van der Waals surface area contributed by atoms with Gasteiger partial charge in [0.05, 0.1) is 6.20 Å². The highest BCUT2D eigenvalue weighted by atomic mass is 79.9. The molecule has 1 aromatic carbocycles. The number of nitrogens with one attached hydrogen (secondary N) is 1. The van der Waals surface area contributed by atoms with Crippen LogP contribution in [0, 0.1) is 5.13 Å². The number of nitrogens with zero attached hydrogens (tertiary/aromatic N) is 3. The van der Waals surface area contributed by atoms with E-state index >= 15 is 0 Å². The van der Waals surface area contributed by atoms with E-state index in [1.807, 2.05) is 23.1 Å². The van der Waals surface area contributed by atoms with E-state index in [9.17, 15) is 14.0 Å². The smallest absolute Gasteiger partial charge is 0.328 e. The fourth-order valence-corrected chi connectivity index (χ4v) is 4.68. The molecule has 1 aromatic heterocycles. The number of carbonyl (C=O) groups is 2. The summed E-state index contributed by atoms with van der Waals surface area (Å²) in [6.45, 7) is 3.30. The fourth-order valence-electron chi connectivity index (χ4n) is 3.78. The van der Waals surface area contributed by atoms with Crippen LogP contribution in [0.15, 0.2) is 28.9 Å². The van der Waals surface area contributed by atoms with Crippen molar-refractivity contribution in [3.05, 3.63) is 39.6 Å². The Morgan fingerprint density at radius 3 is 2.85 bits per heavy atom. The van der Waals surface area contributed by atoms with Gasteiger partial charge >= 0.3 is 6.03 Å². The molecule has 2 aliphatic heterocycles. The maximum atomic E-state index is 13.1. The molecular weight excluding hydrogens is 423 g/mol. The maximum Gasteiger partial charge on any atom is 0.328 e. The fraction of sp³-hybridized carbons (Fsp3) is 0.353. The average molecular weight is 439 g/mol. The summed E-state index contributed by atoms with van der Waals surface area (Å²) in [4.78, 5) is 31.9. The third kappa shape index (κ3) is 2.88. The largest absolute Gasteiger partial charge is 0.342 e. The van der Waals surface area contributed by atoms with Crippen molar-refractivity contribution in [1.29, 1.82) is 0 Å². The molecule has 1 fully saturated rings. The van der Waals surface area contributed by atoms with Crippen LogP contribution in [-0.4, -0.2) is 41.5 Å². The second-order valence-electron chi connectivity index (χ2n) is 6.62. The molecule has 1 N–H and O–H groups in total. The van der Waals surface area contributed by atoms with Gasteiger partial charge in [0.1, 0.15) is 0 Å². The molecule has 136 valence electrons. The van der Waals surface area contributed by atoms with Crippen LogP contribution in [0.5, 0.6) is 0 Å². The molecule has 3 heterocycles. The quantitative estimate of drug-likeness (QED) is 0.739. The summed E-state index contributed by atoms with van der Waals surface area (Å²) >= 11 is 4.29. The molecule has 1 spiro atoms. The van der Waals surface area contributed by atoms with Crippen LogP contribution < -0.4 is 10.2 Å². The number of halogens is 2. The minimum atomic E-state index is -0.449. The van der Waals surface area contributed by atoms with Crippen molar-refractivity contribution in [1.82, 2.24) is 9.88 Å². The third-order valence-corrected chi connectivity index (χ3v) is 6.21. The number of amides is 3. The zero-order valence-corrected chi connectivity index (χ0v) is 16.4. The van der Waals surface area contributed by atoms with Gasteiger partial charge in [-0.05, 0) is 30.2 Å². The molecule has 1 atom stereocenters. The Kier molecular flexibility index (Phi) is 4.23. The molecule has 2 aliphatic rings. The predicted molar refractivity (Wildman–Crippen MR) is 101 cm³/mol. The number of carbonyl (C=O) groups excluding carboxylic acids is 2. The van der Waals surface area contributed by atoms with Gasteiger partial charge in [-0.2, -0.15) is 4.39 Å². The lowest BCUT2D eigenvalue weighted by Crippen LogP contribution is -2.41. The van der Waals surface area contributed by atoms with Crippen molar-refractivity contribution in [2.24, 2.45) is 0 Å². The van der Waals surface area contributed by atoms with Crippen LogP contribution in [0.4, 0.5) is 20.0 Å². The van der Waals surface area contributed by atoms with E-state index in [0.29, 0.717) is 19.6 Å². The Bertz CT molecular complexity index is 905. The number of urea groups is 1. The van der Waals surface area contributed by atoms with Gasteiger partial charge in [-0.3, -0.25) is 15.0 Å². The van der Waals surface area contributed by atoms with Crippen LogP contribution in [0.3, 0.4) is 0 Å². The molecule has 6 nitrogen and oxygen atoms in total. The maximum absolute atomic E-state index is 13.1. The van der Waals surface area contributed by atoms with Gasteiger partial charge in [0.15, 0.2) is 10.3 Å². The average Bonchev–Trinajstić information content (AvgIpc) is 3.27. The van der Waals surface area contributed by atoms with Gasteiger partial charge in [-0.25, -0.2) is 9.78 Å². The molecule has 2 aromatic rings. The molecular formula is C17H16BrFN4O2S. The first kappa shape index (κ1) is 17.4. The Hall–Kier alpha value is -2.00. The summed E-state index contributed by atoms with van der Waals surface area (Å²) in [6, 6.07) is 5.46. The second kappa shape index (κ2) is 6.31. The molecule has 0 radical (unpaired) electrons. The molecule has 0 saturated carbocycles. The molecule has 4 rings (SSSR count). The molecule has 0 aliphatic carbocycles. The highest BCUT2D eigenvalue weighted by Gasteiger charge is 2.49. The Labute approximate surface area is 162 Å². The van der Waals surface area contributed by atoms with Gasteiger partial charge in [0, 0.05) is 42.1 Å². The van der Waals surface area contributed by atoms with Crippen molar-refractivity contribution >= 4 is 50.0 Å². The Morgan fingerprint density at radius 1 is 1.38 bits per heavy atom. The standard InChI is InChI=1S/C17H16BrFN4O2S/c1-10(24)22-5-4-17(8-22)9-23(13-3-2-11(18)6-12(13)17)16(25)21-15-20-7-14(19)26-15/h2-3,6-7H,4-5,8-9H2,1H3,(H,20,21,25)/t17-/m1/s1. The summed E-state index contributed by atoms with van der Waals surface area (Å²) in [7, 11) is 0. The van der Waals surface area contributed by atoms with Gasteiger partial charge in [-0.1, -0.05) is 27.3 Å². The minimum Gasteiger partial charge on any atom is -0.342 e. The number of likely N-dealkylation sites (tertiary alicyclic amines) is 1. The summed E-state index contributed by atoms with van der Waals surface area (Å²) in [5.41, 5.74) is 1.58. The van der Waals surface area contributed by atoms with Crippen LogP contribution >= 0.6 is 27.3 Å². The molecule has 3 amide bonds. The lowest BCUT2D eigenvalue weighted by atomic mass is 9.81. The van der Waals surface area contributed by atoms with Gasteiger partial charge in [0.25, 0.3) is 0 Å². The van der Waals surface area contributed by atoms with Crippen molar-refractivity contribution in [2.45, 2.75) is 18.8 Å². The molecule has 0 unspecified atom stereocenters. The van der Waals surface area contributed by atoms with Crippen LogP contribution in [0.25, 0.3) is 0 Å². The lowest BCUT2D eigenvalue weighted by molar-refractivity contribution is -0.127. The second-order valence-corrected chi connectivity index (χ2v) is 8.51. The number of rotatable bonds is 1. The summed E-state index contributed by atoms with van der Waals surface area (Å²) in [5.74, 6) is 0.0413. The summed E-state index contributed by atoms with van der Waals surface area (Å²) in [5, 5.41) is 2.44. The van der Waals surface area contributed by atoms with Crippen LogP contribution in [0.1, 0.15) is 18.9 Å². The zero-order chi connectivity index (χ0) is 18.5. The van der Waals surface area contributed by atoms with Crippen molar-refractivity contribution < 1.29 is 14.0 Å². The highest BCUT2D eigenvalue weighted by molar-refractivity contribution is 9.10. The van der Waals surface area contributed by atoms with Crippen molar-refractivity contribution in [3.63, 3.8) is 0 Å². The third-order valence-electron chi connectivity index (χ3n) is 5.02. The number of fused-ring (bicyclic) bond motifs is 2. The van der Waals surface area contributed by atoms with Crippen molar-refractivity contribution in [2.75, 3.05) is 29.9 Å². The molecule has 0 bridgehead atoms. The van der Waals surface area contributed by atoms with E-state index in [1.165, 1.54) is 0 Å². The number of thiazole rings is 1. The summed E-state index contributed by atoms with van der Waals surface area (Å²) in [6.07, 6.45) is 1.88. The van der Waals surface area contributed by atoms with E-state index in [2.05, 4.69) is 26.2 Å². The van der Waals surface area contributed by atoms with Crippen molar-refractivity contribution in [3.8, 4) is 0 Å². The van der Waals surface area contributed by atoms with Gasteiger partial charge in [-0.15, -0.1) is 0 Å². The number of aromatic nitrogens is 1. The number of hydrogen-bond donors (Lipinski definition) is 1. The Morgan fingerprint density at radius 2 is 2.19 bits per heavy atom. The van der Waals surface area contributed by atoms with Gasteiger partial charge in [0.2, 0.25) is 5.91 Å². The van der Waals surface area contributed by atoms with Crippen LogP contribution in [-0.2, 0) is 10.2 Å². The summed E-state index contributed by atoms with van der Waals surface area (Å²) < 4.78 is 14.1. The van der Waals surface area contributed by atoms with E-state index in [-0.39, 0.29) is 22.5 Å². The predicted octanol–water partition coefficient (Wildman–Crippen LogP) is 3.59. The number of anilines is 2. The molecule has 1 saturated heterocycles. The van der Waals surface area contributed by atoms with E-state index < -0.39 is 5.13 Å². The number of benzene rings is 1. The number of hydrogen-bond acceptors (Lipinski definition) is 4. The van der Waals surface area contributed by atoms with E-state index in [0.717, 1.165) is 39.7 Å². The monoisotopic (exact) mass is 438 g/mol.